The van der Waals surface area contributed by atoms with Gasteiger partial charge in [0.1, 0.15) is 5.56 Å². The second kappa shape index (κ2) is 4.57. The average molecular weight is 270 g/mol. The third-order valence-electron chi connectivity index (χ3n) is 2.83. The molecule has 8 nitrogen and oxygen atoms in total. The number of amides is 1. The standard InChI is InChI=1S/C12H10N6O2/c1-7-4-5-18-8(6-7)2-3-9(11(18)20)10(19)13-12-14-16-17-15-12/h2-6H,1H3,(H2,13,14,15,16,17,19). The zero-order valence-corrected chi connectivity index (χ0v) is 10.5. The van der Waals surface area contributed by atoms with Crippen LogP contribution in [0.1, 0.15) is 15.9 Å². The number of nitrogens with zero attached hydrogens (tertiary/aromatic N) is 4. The Bertz CT molecular complexity index is 837. The summed E-state index contributed by atoms with van der Waals surface area (Å²) in [7, 11) is 0. The summed E-state index contributed by atoms with van der Waals surface area (Å²) in [6, 6.07) is 6.86. The molecule has 0 radical (unpaired) electrons. The molecule has 100 valence electrons. The lowest BCUT2D eigenvalue weighted by molar-refractivity contribution is 0.102. The fourth-order valence-corrected chi connectivity index (χ4v) is 1.87. The number of H-pyrrole nitrogens is 1. The van der Waals surface area contributed by atoms with E-state index in [-0.39, 0.29) is 11.5 Å². The van der Waals surface area contributed by atoms with Crippen molar-refractivity contribution in [3.63, 3.8) is 0 Å². The summed E-state index contributed by atoms with van der Waals surface area (Å²) < 4.78 is 1.42. The third kappa shape index (κ3) is 2.03. The summed E-state index contributed by atoms with van der Waals surface area (Å²) in [6.07, 6.45) is 1.64. The van der Waals surface area contributed by atoms with Gasteiger partial charge in [0.05, 0.1) is 0 Å². The number of hydrogen-bond donors (Lipinski definition) is 2. The van der Waals surface area contributed by atoms with Gasteiger partial charge < -0.3 is 0 Å². The Morgan fingerprint density at radius 3 is 2.95 bits per heavy atom. The summed E-state index contributed by atoms with van der Waals surface area (Å²) >= 11 is 0. The summed E-state index contributed by atoms with van der Waals surface area (Å²) in [5.41, 5.74) is 1.39. The predicted octanol–water partition coefficient (Wildman–Crippen LogP) is 0.373. The van der Waals surface area contributed by atoms with Crippen molar-refractivity contribution in [2.24, 2.45) is 0 Å². The van der Waals surface area contributed by atoms with Gasteiger partial charge in [0.15, 0.2) is 0 Å². The summed E-state index contributed by atoms with van der Waals surface area (Å²) in [6.45, 7) is 1.93. The number of tetrazole rings is 1. The molecular weight excluding hydrogens is 260 g/mol. The maximum Gasteiger partial charge on any atom is 0.267 e. The first-order chi connectivity index (χ1) is 9.65. The van der Waals surface area contributed by atoms with Gasteiger partial charge in [-0.15, -0.1) is 0 Å². The number of rotatable bonds is 2. The Morgan fingerprint density at radius 1 is 1.35 bits per heavy atom. The first-order valence-corrected chi connectivity index (χ1v) is 5.82. The minimum Gasteiger partial charge on any atom is -0.289 e. The smallest absolute Gasteiger partial charge is 0.267 e. The average Bonchev–Trinajstić information content (AvgIpc) is 2.91. The molecule has 0 unspecified atom stereocenters. The molecule has 0 aliphatic rings. The van der Waals surface area contributed by atoms with Gasteiger partial charge in [-0.1, -0.05) is 5.10 Å². The number of aryl methyl sites for hydroxylation is 1. The van der Waals surface area contributed by atoms with Gasteiger partial charge in [0.25, 0.3) is 11.5 Å². The van der Waals surface area contributed by atoms with Crippen LogP contribution in [0.3, 0.4) is 0 Å². The van der Waals surface area contributed by atoms with E-state index in [1.54, 1.807) is 18.3 Å². The van der Waals surface area contributed by atoms with E-state index < -0.39 is 11.5 Å². The number of nitrogens with one attached hydrogen (secondary N) is 2. The second-order valence-electron chi connectivity index (χ2n) is 4.26. The van der Waals surface area contributed by atoms with Gasteiger partial charge in [-0.05, 0) is 47.2 Å². The molecule has 0 atom stereocenters. The number of hydrogen-bond acceptors (Lipinski definition) is 5. The molecular formula is C12H10N6O2. The van der Waals surface area contributed by atoms with Crippen LogP contribution in [-0.4, -0.2) is 30.9 Å². The fourth-order valence-electron chi connectivity index (χ4n) is 1.87. The van der Waals surface area contributed by atoms with Crippen molar-refractivity contribution in [2.45, 2.75) is 6.92 Å². The number of aromatic amines is 1. The third-order valence-corrected chi connectivity index (χ3v) is 2.83. The largest absolute Gasteiger partial charge is 0.289 e. The Labute approximate surface area is 112 Å². The van der Waals surface area contributed by atoms with E-state index in [4.69, 9.17) is 0 Å². The van der Waals surface area contributed by atoms with Crippen molar-refractivity contribution in [1.29, 1.82) is 0 Å². The molecule has 8 heteroatoms. The first kappa shape index (κ1) is 12.0. The monoisotopic (exact) mass is 270 g/mol. The Kier molecular flexibility index (Phi) is 2.75. The SMILES string of the molecule is Cc1ccn2c(=O)c(C(=O)Nc3nnn[nH]3)ccc2c1. The number of aromatic nitrogens is 5. The predicted molar refractivity (Wildman–Crippen MR) is 70.5 cm³/mol. The molecule has 0 fully saturated rings. The van der Waals surface area contributed by atoms with Gasteiger partial charge in [0.2, 0.25) is 5.95 Å². The van der Waals surface area contributed by atoms with E-state index in [2.05, 4.69) is 25.9 Å². The van der Waals surface area contributed by atoms with E-state index in [1.165, 1.54) is 10.5 Å². The van der Waals surface area contributed by atoms with Crippen LogP contribution in [0.25, 0.3) is 5.52 Å². The number of pyridine rings is 2. The molecule has 3 rings (SSSR count). The van der Waals surface area contributed by atoms with Crippen LogP contribution >= 0.6 is 0 Å². The molecule has 0 spiro atoms. The van der Waals surface area contributed by atoms with Crippen molar-refractivity contribution in [2.75, 3.05) is 5.32 Å². The van der Waals surface area contributed by atoms with Crippen molar-refractivity contribution in [3.8, 4) is 0 Å². The Hall–Kier alpha value is -3.03. The van der Waals surface area contributed by atoms with Crippen LogP contribution in [0.2, 0.25) is 0 Å². The summed E-state index contributed by atoms with van der Waals surface area (Å²) in [4.78, 5) is 24.3. The Morgan fingerprint density at radius 2 is 2.20 bits per heavy atom. The Balaban J connectivity index is 2.04. The molecule has 2 N–H and O–H groups in total. The van der Waals surface area contributed by atoms with Gasteiger partial charge in [-0.25, -0.2) is 5.10 Å². The van der Waals surface area contributed by atoms with Gasteiger partial charge in [-0.3, -0.25) is 19.3 Å². The minimum absolute atomic E-state index is 0.0164. The van der Waals surface area contributed by atoms with Crippen molar-refractivity contribution >= 4 is 17.4 Å². The minimum atomic E-state index is -0.566. The molecule has 0 saturated carbocycles. The summed E-state index contributed by atoms with van der Waals surface area (Å²) in [5.74, 6) is -0.480. The molecule has 3 aromatic rings. The quantitative estimate of drug-likeness (QED) is 0.700. The topological polar surface area (TPSA) is 105 Å². The lowest BCUT2D eigenvalue weighted by Gasteiger charge is -2.05. The zero-order valence-electron chi connectivity index (χ0n) is 10.5. The number of carbonyl (C=O) groups excluding carboxylic acids is 1. The van der Waals surface area contributed by atoms with Crippen molar-refractivity contribution < 1.29 is 4.79 Å². The molecule has 3 heterocycles. The molecule has 0 bridgehead atoms. The highest BCUT2D eigenvalue weighted by Gasteiger charge is 2.13. The summed E-state index contributed by atoms with van der Waals surface area (Å²) in [5, 5.41) is 15.0. The van der Waals surface area contributed by atoms with Crippen LogP contribution < -0.4 is 10.9 Å². The van der Waals surface area contributed by atoms with Gasteiger partial charge in [0, 0.05) is 11.7 Å². The highest BCUT2D eigenvalue weighted by Crippen LogP contribution is 2.06. The van der Waals surface area contributed by atoms with Crippen LogP contribution in [0.5, 0.6) is 0 Å². The van der Waals surface area contributed by atoms with Gasteiger partial charge >= 0.3 is 0 Å². The normalized spacial score (nSPS) is 10.7. The van der Waals surface area contributed by atoms with Crippen molar-refractivity contribution in [1.82, 2.24) is 25.0 Å². The molecule has 20 heavy (non-hydrogen) atoms. The first-order valence-electron chi connectivity index (χ1n) is 5.82. The van der Waals surface area contributed by atoms with Gasteiger partial charge in [-0.2, -0.15) is 0 Å². The molecule has 0 aliphatic heterocycles. The number of carbonyl (C=O) groups is 1. The highest BCUT2D eigenvalue weighted by molar-refractivity contribution is 6.03. The number of anilines is 1. The molecule has 0 aromatic carbocycles. The lowest BCUT2D eigenvalue weighted by Crippen LogP contribution is -2.26. The maximum absolute atomic E-state index is 12.2. The number of fused-ring (bicyclic) bond motifs is 1. The van der Waals surface area contributed by atoms with Crippen LogP contribution in [0.15, 0.2) is 35.3 Å². The van der Waals surface area contributed by atoms with Crippen LogP contribution in [0, 0.1) is 6.92 Å². The van der Waals surface area contributed by atoms with E-state index in [9.17, 15) is 9.59 Å². The van der Waals surface area contributed by atoms with Crippen LogP contribution in [0.4, 0.5) is 5.95 Å². The molecule has 1 amide bonds. The van der Waals surface area contributed by atoms with E-state index in [0.29, 0.717) is 0 Å². The van der Waals surface area contributed by atoms with E-state index >= 15 is 0 Å². The second-order valence-corrected chi connectivity index (χ2v) is 4.26. The van der Waals surface area contributed by atoms with E-state index in [0.717, 1.165) is 11.1 Å². The van der Waals surface area contributed by atoms with Crippen molar-refractivity contribution in [3.05, 3.63) is 51.9 Å². The molecule has 0 aliphatic carbocycles. The lowest BCUT2D eigenvalue weighted by atomic mass is 10.2. The maximum atomic E-state index is 12.2. The molecule has 0 saturated heterocycles. The highest BCUT2D eigenvalue weighted by atomic mass is 16.2. The molecule has 3 aromatic heterocycles. The fraction of sp³-hybridized carbons (Fsp3) is 0.0833. The van der Waals surface area contributed by atoms with Crippen LogP contribution in [-0.2, 0) is 0 Å². The van der Waals surface area contributed by atoms with E-state index in [1.807, 2.05) is 13.0 Å². The zero-order chi connectivity index (χ0) is 14.1.